The van der Waals surface area contributed by atoms with Gasteiger partial charge in [0.25, 0.3) is 0 Å². The van der Waals surface area contributed by atoms with Crippen LogP contribution in [-0.4, -0.2) is 53.2 Å². The van der Waals surface area contributed by atoms with Crippen LogP contribution in [0.15, 0.2) is 64.5 Å². The molecule has 1 saturated heterocycles. The predicted octanol–water partition coefficient (Wildman–Crippen LogP) is 2.10. The van der Waals surface area contributed by atoms with Crippen LogP contribution in [0.4, 0.5) is 0 Å². The summed E-state index contributed by atoms with van der Waals surface area (Å²) in [6.07, 6.45) is 5.82. The van der Waals surface area contributed by atoms with Gasteiger partial charge in [0.15, 0.2) is 5.96 Å². The number of fused-ring (bicyclic) bond motifs is 1. The van der Waals surface area contributed by atoms with Gasteiger partial charge in [-0.15, -0.1) is 0 Å². The van der Waals surface area contributed by atoms with Crippen molar-refractivity contribution >= 4 is 17.0 Å². The van der Waals surface area contributed by atoms with Gasteiger partial charge in [-0.2, -0.15) is 4.98 Å². The van der Waals surface area contributed by atoms with Crippen LogP contribution in [0.2, 0.25) is 0 Å². The highest BCUT2D eigenvalue weighted by molar-refractivity contribution is 5.83. The smallest absolute Gasteiger partial charge is 0.354 e. The maximum absolute atomic E-state index is 12.9. The third-order valence-corrected chi connectivity index (χ3v) is 7.36. The first-order valence-electron chi connectivity index (χ1n) is 14.0. The van der Waals surface area contributed by atoms with E-state index in [1.54, 1.807) is 4.57 Å². The van der Waals surface area contributed by atoms with E-state index in [1.165, 1.54) is 11.1 Å². The Labute approximate surface area is 234 Å². The molecular formula is C30H39N9O. The molecule has 1 aliphatic heterocycles. The van der Waals surface area contributed by atoms with Crippen LogP contribution in [0, 0.1) is 0 Å². The summed E-state index contributed by atoms with van der Waals surface area (Å²) >= 11 is 0. The molecule has 9 N–H and O–H groups in total. The Balaban J connectivity index is 1.33. The summed E-state index contributed by atoms with van der Waals surface area (Å²) in [7, 11) is 0. The van der Waals surface area contributed by atoms with E-state index in [1.807, 2.05) is 30.5 Å². The summed E-state index contributed by atoms with van der Waals surface area (Å²) in [6, 6.07) is 16.9. The summed E-state index contributed by atoms with van der Waals surface area (Å²) in [6.45, 7) is 4.86. The number of nitrogens with zero attached hydrogens (tertiary/aromatic N) is 3. The summed E-state index contributed by atoms with van der Waals surface area (Å²) in [5.41, 5.74) is 23.4. The van der Waals surface area contributed by atoms with Crippen molar-refractivity contribution in [1.29, 1.82) is 0 Å². The van der Waals surface area contributed by atoms with E-state index < -0.39 is 0 Å². The lowest BCUT2D eigenvalue weighted by atomic mass is 9.89. The number of hydrogen-bond donors (Lipinski definition) is 6. The third-order valence-electron chi connectivity index (χ3n) is 7.36. The Morgan fingerprint density at radius 3 is 2.60 bits per heavy atom. The Bertz CT molecular complexity index is 1510. The van der Waals surface area contributed by atoms with E-state index in [2.05, 4.69) is 49.9 Å². The van der Waals surface area contributed by atoms with Crippen LogP contribution < -0.4 is 33.5 Å². The van der Waals surface area contributed by atoms with Crippen LogP contribution in [0.25, 0.3) is 28.0 Å². The number of H-pyrrole nitrogens is 1. The van der Waals surface area contributed by atoms with Crippen molar-refractivity contribution in [1.82, 2.24) is 25.2 Å². The van der Waals surface area contributed by atoms with E-state index in [4.69, 9.17) is 17.2 Å². The van der Waals surface area contributed by atoms with Crippen LogP contribution in [0.5, 0.6) is 0 Å². The molecule has 0 saturated carbocycles. The highest BCUT2D eigenvalue weighted by Crippen LogP contribution is 2.30. The number of guanidine groups is 1. The number of aromatic nitrogens is 3. The van der Waals surface area contributed by atoms with Crippen molar-refractivity contribution in [3.05, 3.63) is 81.9 Å². The second-order valence-corrected chi connectivity index (χ2v) is 10.4. The first kappa shape index (κ1) is 27.6. The Morgan fingerprint density at radius 1 is 1.05 bits per heavy atom. The van der Waals surface area contributed by atoms with Gasteiger partial charge in [-0.1, -0.05) is 18.2 Å². The minimum Gasteiger partial charge on any atom is -0.370 e. The molecule has 2 aromatic heterocycles. The second-order valence-electron chi connectivity index (χ2n) is 10.4. The Morgan fingerprint density at radius 2 is 1.88 bits per heavy atom. The van der Waals surface area contributed by atoms with Gasteiger partial charge in [0.2, 0.25) is 0 Å². The third kappa shape index (κ3) is 6.77. The van der Waals surface area contributed by atoms with Gasteiger partial charge in [-0.3, -0.25) is 9.56 Å². The van der Waals surface area contributed by atoms with Gasteiger partial charge in [0.05, 0.1) is 5.69 Å². The molecule has 4 aromatic rings. The molecular weight excluding hydrogens is 502 g/mol. The fraction of sp³-hybridized carbons (Fsp3) is 0.367. The van der Waals surface area contributed by atoms with Gasteiger partial charge in [-0.25, -0.2) is 4.79 Å². The predicted molar refractivity (Wildman–Crippen MR) is 162 cm³/mol. The van der Waals surface area contributed by atoms with Gasteiger partial charge in [-0.05, 0) is 91.4 Å². The highest BCUT2D eigenvalue weighted by atomic mass is 16.1. The molecule has 40 heavy (non-hydrogen) atoms. The number of aryl methyl sites for hydroxylation is 1. The SMILES string of the molecule is NCCCCc1cc(-c2cc3cn(-c4ccc(CNCCCN=C(N)N)cc4)c(=O)nc3[nH]2)cc(C2CNC2)c1. The average molecular weight is 542 g/mol. The van der Waals surface area contributed by atoms with Crippen molar-refractivity contribution in [2.45, 2.75) is 38.1 Å². The quantitative estimate of drug-likeness (QED) is 0.0857. The van der Waals surface area contributed by atoms with Crippen LogP contribution in [0.3, 0.4) is 0 Å². The lowest BCUT2D eigenvalue weighted by molar-refractivity contribution is 0.448. The highest BCUT2D eigenvalue weighted by Gasteiger charge is 2.20. The molecule has 1 aliphatic rings. The number of aromatic amines is 1. The lowest BCUT2D eigenvalue weighted by Crippen LogP contribution is -2.39. The molecule has 10 heteroatoms. The number of hydrogen-bond acceptors (Lipinski definition) is 6. The summed E-state index contributed by atoms with van der Waals surface area (Å²) in [4.78, 5) is 24.7. The Kier molecular flexibility index (Phi) is 8.90. The van der Waals surface area contributed by atoms with Gasteiger partial charge in [0, 0.05) is 49.4 Å². The number of rotatable bonds is 13. The van der Waals surface area contributed by atoms with E-state index in [0.717, 1.165) is 79.8 Å². The van der Waals surface area contributed by atoms with Crippen molar-refractivity contribution < 1.29 is 0 Å². The zero-order valence-electron chi connectivity index (χ0n) is 22.8. The molecule has 210 valence electrons. The topological polar surface area (TPSA) is 165 Å². The van der Waals surface area contributed by atoms with E-state index in [-0.39, 0.29) is 11.6 Å². The molecule has 0 aliphatic carbocycles. The first-order valence-corrected chi connectivity index (χ1v) is 14.0. The summed E-state index contributed by atoms with van der Waals surface area (Å²) < 4.78 is 1.60. The van der Waals surface area contributed by atoms with E-state index in [9.17, 15) is 4.79 Å². The molecule has 3 heterocycles. The summed E-state index contributed by atoms with van der Waals surface area (Å²) in [5.74, 6) is 0.655. The number of nitrogens with two attached hydrogens (primary N) is 3. The van der Waals surface area contributed by atoms with Gasteiger partial charge < -0.3 is 32.8 Å². The van der Waals surface area contributed by atoms with Gasteiger partial charge >= 0.3 is 5.69 Å². The number of nitrogens with one attached hydrogen (secondary N) is 3. The number of aliphatic imine (C=N–C) groups is 1. The number of unbranched alkanes of at least 4 members (excludes halogenated alkanes) is 1. The standard InChI is InChI=1S/C30H39N9O/c31-9-2-1-4-21-12-22(25-17-35-18-25)14-23(13-21)27-15-24-19-39(30(40)38-28(24)37-27)26-7-5-20(6-8-26)16-34-10-3-11-36-29(32)33/h5-8,12-15,19,25,34-35H,1-4,9-11,16-18,31H2,(H4,32,33,36)(H,37,38,40). The minimum atomic E-state index is -0.316. The number of benzene rings is 2. The fourth-order valence-corrected chi connectivity index (χ4v) is 5.01. The zero-order valence-corrected chi connectivity index (χ0v) is 22.8. The Hall–Kier alpha value is -3.99. The van der Waals surface area contributed by atoms with Crippen molar-refractivity contribution in [2.75, 3.05) is 32.7 Å². The molecule has 0 bridgehead atoms. The molecule has 1 fully saturated rings. The molecule has 0 spiro atoms. The maximum Gasteiger partial charge on any atom is 0.354 e. The van der Waals surface area contributed by atoms with E-state index in [0.29, 0.717) is 24.7 Å². The largest absolute Gasteiger partial charge is 0.370 e. The average Bonchev–Trinajstić information content (AvgIpc) is 3.32. The zero-order chi connectivity index (χ0) is 27.9. The van der Waals surface area contributed by atoms with Crippen molar-refractivity contribution in [3.63, 3.8) is 0 Å². The van der Waals surface area contributed by atoms with Crippen LogP contribution >= 0.6 is 0 Å². The minimum absolute atomic E-state index is 0.119. The summed E-state index contributed by atoms with van der Waals surface area (Å²) in [5, 5.41) is 7.65. The molecule has 10 nitrogen and oxygen atoms in total. The fourth-order valence-electron chi connectivity index (χ4n) is 5.01. The van der Waals surface area contributed by atoms with Crippen molar-refractivity contribution in [3.8, 4) is 16.9 Å². The molecule has 2 aromatic carbocycles. The van der Waals surface area contributed by atoms with E-state index >= 15 is 0 Å². The molecule has 0 amide bonds. The lowest BCUT2D eigenvalue weighted by Gasteiger charge is -2.28. The monoisotopic (exact) mass is 541 g/mol. The second kappa shape index (κ2) is 12.9. The molecule has 0 radical (unpaired) electrons. The molecule has 0 unspecified atom stereocenters. The molecule has 5 rings (SSSR count). The molecule has 0 atom stereocenters. The van der Waals surface area contributed by atoms with Crippen LogP contribution in [0.1, 0.15) is 41.9 Å². The first-order chi connectivity index (χ1) is 19.5. The van der Waals surface area contributed by atoms with Crippen LogP contribution in [-0.2, 0) is 13.0 Å². The normalized spacial score (nSPS) is 13.4. The van der Waals surface area contributed by atoms with Crippen molar-refractivity contribution in [2.24, 2.45) is 22.2 Å². The van der Waals surface area contributed by atoms with Gasteiger partial charge in [0.1, 0.15) is 5.65 Å². The maximum atomic E-state index is 12.9.